The van der Waals surface area contributed by atoms with Crippen molar-refractivity contribution >= 4 is 5.91 Å². The Morgan fingerprint density at radius 3 is 2.88 bits per heavy atom. The van der Waals surface area contributed by atoms with Crippen LogP contribution in [0.15, 0.2) is 55.1 Å². The van der Waals surface area contributed by atoms with Crippen LogP contribution < -0.4 is 0 Å². The fourth-order valence-corrected chi connectivity index (χ4v) is 3.26. The second-order valence-electron chi connectivity index (χ2n) is 6.22. The summed E-state index contributed by atoms with van der Waals surface area (Å²) in [6.45, 7) is 1.46. The number of amides is 1. The maximum absolute atomic E-state index is 12.7. The van der Waals surface area contributed by atoms with Crippen molar-refractivity contribution < 1.29 is 4.79 Å². The highest BCUT2D eigenvalue weighted by Crippen LogP contribution is 2.27. The zero-order valence-corrected chi connectivity index (χ0v) is 13.8. The maximum atomic E-state index is 12.7. The highest BCUT2D eigenvalue weighted by molar-refractivity contribution is 5.94. The van der Waals surface area contributed by atoms with E-state index in [1.807, 2.05) is 35.2 Å². The Kier molecular flexibility index (Phi) is 4.24. The molecule has 1 amide bonds. The third kappa shape index (κ3) is 3.28. The first-order valence-electron chi connectivity index (χ1n) is 8.47. The number of carbonyl (C=O) groups excluding carboxylic acids is 1. The van der Waals surface area contributed by atoms with Crippen molar-refractivity contribution in [2.75, 3.05) is 13.1 Å². The van der Waals surface area contributed by atoms with Gasteiger partial charge in [-0.1, -0.05) is 18.2 Å². The van der Waals surface area contributed by atoms with E-state index in [-0.39, 0.29) is 11.8 Å². The molecule has 4 rings (SSSR count). The van der Waals surface area contributed by atoms with E-state index in [0.29, 0.717) is 12.4 Å². The molecule has 1 aromatic carbocycles. The van der Waals surface area contributed by atoms with E-state index in [9.17, 15) is 4.79 Å². The summed E-state index contributed by atoms with van der Waals surface area (Å²) in [6, 6.07) is 9.44. The molecule has 1 atom stereocenters. The Bertz CT molecular complexity index is 847. The van der Waals surface area contributed by atoms with Crippen LogP contribution in [0.1, 0.15) is 34.8 Å². The zero-order chi connectivity index (χ0) is 17.1. The number of piperidine rings is 1. The SMILES string of the molecule is O=C(c1ccccc1)N1CCC[C@H](c2cncc(-c3ncc[nH]3)n2)C1. The molecule has 3 heterocycles. The smallest absolute Gasteiger partial charge is 0.253 e. The molecular weight excluding hydrogens is 314 g/mol. The van der Waals surface area contributed by atoms with Crippen LogP contribution in [0.5, 0.6) is 0 Å². The number of benzene rings is 1. The molecule has 1 saturated heterocycles. The quantitative estimate of drug-likeness (QED) is 0.800. The number of carbonyl (C=O) groups is 1. The van der Waals surface area contributed by atoms with Gasteiger partial charge in [-0.15, -0.1) is 0 Å². The third-order valence-electron chi connectivity index (χ3n) is 4.54. The highest BCUT2D eigenvalue weighted by Gasteiger charge is 2.26. The molecule has 1 fully saturated rings. The monoisotopic (exact) mass is 333 g/mol. The van der Waals surface area contributed by atoms with Gasteiger partial charge in [0.05, 0.1) is 11.9 Å². The number of aromatic amines is 1. The summed E-state index contributed by atoms with van der Waals surface area (Å²) in [5.74, 6) is 0.992. The van der Waals surface area contributed by atoms with Gasteiger partial charge in [0, 0.05) is 43.2 Å². The molecule has 0 unspecified atom stereocenters. The van der Waals surface area contributed by atoms with Crippen molar-refractivity contribution in [3.8, 4) is 11.5 Å². The molecule has 0 saturated carbocycles. The second kappa shape index (κ2) is 6.84. The summed E-state index contributed by atoms with van der Waals surface area (Å²) in [6.07, 6.45) is 8.95. The summed E-state index contributed by atoms with van der Waals surface area (Å²) < 4.78 is 0. The number of H-pyrrole nitrogens is 1. The van der Waals surface area contributed by atoms with Gasteiger partial charge in [0.1, 0.15) is 5.69 Å². The van der Waals surface area contributed by atoms with Gasteiger partial charge < -0.3 is 9.88 Å². The van der Waals surface area contributed by atoms with E-state index in [2.05, 4.69) is 15.0 Å². The fourth-order valence-electron chi connectivity index (χ4n) is 3.26. The molecular formula is C19H19N5O. The molecule has 0 bridgehead atoms. The van der Waals surface area contributed by atoms with Gasteiger partial charge in [-0.3, -0.25) is 9.78 Å². The minimum atomic E-state index is 0.0837. The van der Waals surface area contributed by atoms with Crippen LogP contribution in [-0.2, 0) is 0 Å². The van der Waals surface area contributed by atoms with E-state index in [4.69, 9.17) is 4.98 Å². The standard InChI is InChI=1S/C19H19N5O/c25-19(14-5-2-1-3-6-14)24-10-4-7-15(13-24)16-11-20-12-17(23-16)18-21-8-9-22-18/h1-3,5-6,8-9,11-12,15H,4,7,10,13H2,(H,21,22)/t15-/m0/s1. The van der Waals surface area contributed by atoms with Crippen LogP contribution >= 0.6 is 0 Å². The number of nitrogens with one attached hydrogen (secondary N) is 1. The minimum absolute atomic E-state index is 0.0837. The number of aromatic nitrogens is 4. The maximum Gasteiger partial charge on any atom is 0.253 e. The first-order valence-corrected chi connectivity index (χ1v) is 8.47. The Morgan fingerprint density at radius 2 is 2.08 bits per heavy atom. The first kappa shape index (κ1) is 15.5. The molecule has 2 aromatic heterocycles. The molecule has 1 aliphatic rings. The van der Waals surface area contributed by atoms with Crippen molar-refractivity contribution in [1.82, 2.24) is 24.8 Å². The van der Waals surface area contributed by atoms with Crippen molar-refractivity contribution in [3.05, 3.63) is 66.4 Å². The lowest BCUT2D eigenvalue weighted by molar-refractivity contribution is 0.0706. The molecule has 126 valence electrons. The van der Waals surface area contributed by atoms with Gasteiger partial charge in [0.25, 0.3) is 5.91 Å². The summed E-state index contributed by atoms with van der Waals surface area (Å²) in [5.41, 5.74) is 2.38. The van der Waals surface area contributed by atoms with Crippen molar-refractivity contribution in [3.63, 3.8) is 0 Å². The molecule has 1 N–H and O–H groups in total. The topological polar surface area (TPSA) is 74.8 Å². The van der Waals surface area contributed by atoms with Gasteiger partial charge in [-0.2, -0.15) is 0 Å². The lowest BCUT2D eigenvalue weighted by atomic mass is 9.94. The number of likely N-dealkylation sites (tertiary alicyclic amines) is 1. The molecule has 0 radical (unpaired) electrons. The number of imidazole rings is 1. The average molecular weight is 333 g/mol. The lowest BCUT2D eigenvalue weighted by Crippen LogP contribution is -2.39. The van der Waals surface area contributed by atoms with Crippen LogP contribution in [0.2, 0.25) is 0 Å². The number of rotatable bonds is 3. The van der Waals surface area contributed by atoms with Crippen molar-refractivity contribution in [1.29, 1.82) is 0 Å². The summed E-state index contributed by atoms with van der Waals surface area (Å²) in [7, 11) is 0. The molecule has 6 nitrogen and oxygen atoms in total. The van der Waals surface area contributed by atoms with E-state index in [0.717, 1.165) is 36.3 Å². The molecule has 25 heavy (non-hydrogen) atoms. The fraction of sp³-hybridized carbons (Fsp3) is 0.263. The number of nitrogens with zero attached hydrogens (tertiary/aromatic N) is 4. The van der Waals surface area contributed by atoms with Gasteiger partial charge in [-0.25, -0.2) is 9.97 Å². The van der Waals surface area contributed by atoms with Gasteiger partial charge in [0.2, 0.25) is 0 Å². The van der Waals surface area contributed by atoms with Crippen molar-refractivity contribution in [2.24, 2.45) is 0 Å². The minimum Gasteiger partial charge on any atom is -0.343 e. The van der Waals surface area contributed by atoms with Crippen LogP contribution in [-0.4, -0.2) is 43.8 Å². The van der Waals surface area contributed by atoms with E-state index >= 15 is 0 Å². The molecule has 1 aliphatic heterocycles. The highest BCUT2D eigenvalue weighted by atomic mass is 16.2. The van der Waals surface area contributed by atoms with Crippen LogP contribution in [0, 0.1) is 0 Å². The van der Waals surface area contributed by atoms with Crippen LogP contribution in [0.3, 0.4) is 0 Å². The van der Waals surface area contributed by atoms with Gasteiger partial charge in [-0.05, 0) is 25.0 Å². The molecule has 3 aromatic rings. The Hall–Kier alpha value is -3.02. The summed E-state index contributed by atoms with van der Waals surface area (Å²) in [5, 5.41) is 0. The van der Waals surface area contributed by atoms with Gasteiger partial charge in [0.15, 0.2) is 5.82 Å². The van der Waals surface area contributed by atoms with Crippen molar-refractivity contribution in [2.45, 2.75) is 18.8 Å². The molecule has 6 heteroatoms. The number of hydrogen-bond acceptors (Lipinski definition) is 4. The average Bonchev–Trinajstić information content (AvgIpc) is 3.23. The van der Waals surface area contributed by atoms with Crippen LogP contribution in [0.25, 0.3) is 11.5 Å². The Balaban J connectivity index is 1.54. The summed E-state index contributed by atoms with van der Waals surface area (Å²) in [4.78, 5) is 30.9. The van der Waals surface area contributed by atoms with E-state index < -0.39 is 0 Å². The zero-order valence-electron chi connectivity index (χ0n) is 13.8. The molecule has 0 aliphatic carbocycles. The van der Waals surface area contributed by atoms with E-state index in [1.165, 1.54) is 0 Å². The second-order valence-corrected chi connectivity index (χ2v) is 6.22. The largest absolute Gasteiger partial charge is 0.343 e. The summed E-state index contributed by atoms with van der Waals surface area (Å²) >= 11 is 0. The third-order valence-corrected chi connectivity index (χ3v) is 4.54. The Morgan fingerprint density at radius 1 is 1.20 bits per heavy atom. The molecule has 0 spiro atoms. The predicted molar refractivity (Wildman–Crippen MR) is 93.9 cm³/mol. The Labute approximate surface area is 146 Å². The van der Waals surface area contributed by atoms with E-state index in [1.54, 1.807) is 24.8 Å². The van der Waals surface area contributed by atoms with Gasteiger partial charge >= 0.3 is 0 Å². The lowest BCUT2D eigenvalue weighted by Gasteiger charge is -2.32. The normalized spacial score (nSPS) is 17.4. The number of hydrogen-bond donors (Lipinski definition) is 1. The first-order chi connectivity index (χ1) is 12.3. The van der Waals surface area contributed by atoms with Crippen LogP contribution in [0.4, 0.5) is 0 Å². The predicted octanol–water partition coefficient (Wildman–Crippen LogP) is 2.89.